The maximum Gasteiger partial charge on any atom is 0.306 e. The molecule has 1 atom stereocenters. The molecule has 0 aromatic carbocycles. The number of rotatable bonds is 4. The normalized spacial score (nSPS) is 13.2. The van der Waals surface area contributed by atoms with Crippen LogP contribution in [0.1, 0.15) is 33.6 Å². The summed E-state index contributed by atoms with van der Waals surface area (Å²) in [5.74, 6) is 0.317. The predicted octanol–water partition coefficient (Wildman–Crippen LogP) is 2.75. The van der Waals surface area contributed by atoms with Gasteiger partial charge >= 0.3 is 5.97 Å². The Morgan fingerprint density at radius 2 is 2.09 bits per heavy atom. The molecule has 0 aliphatic rings. The highest BCUT2D eigenvalue weighted by molar-refractivity contribution is 14.1. The summed E-state index contributed by atoms with van der Waals surface area (Å²) in [5, 5.41) is 0. The van der Waals surface area contributed by atoms with Crippen molar-refractivity contribution in [1.29, 1.82) is 0 Å². The van der Waals surface area contributed by atoms with Gasteiger partial charge in [0, 0.05) is 6.42 Å². The highest BCUT2D eigenvalue weighted by Crippen LogP contribution is 2.14. The largest absolute Gasteiger partial charge is 0.451 e. The first-order valence-corrected chi connectivity index (χ1v) is 5.16. The fourth-order valence-electron chi connectivity index (χ4n) is 0.525. The predicted molar refractivity (Wildman–Crippen MR) is 53.6 cm³/mol. The molecule has 0 spiro atoms. The molecule has 0 aliphatic heterocycles. The van der Waals surface area contributed by atoms with Crippen molar-refractivity contribution in [1.82, 2.24) is 0 Å². The molecule has 3 heteroatoms. The van der Waals surface area contributed by atoms with Gasteiger partial charge in [0.25, 0.3) is 0 Å². The second kappa shape index (κ2) is 5.80. The van der Waals surface area contributed by atoms with Gasteiger partial charge in [0.05, 0.1) is 0 Å². The number of halogens is 1. The van der Waals surface area contributed by atoms with E-state index in [0.717, 1.165) is 6.42 Å². The van der Waals surface area contributed by atoms with Crippen molar-refractivity contribution < 1.29 is 9.53 Å². The van der Waals surface area contributed by atoms with Gasteiger partial charge in [-0.15, -0.1) is 0 Å². The minimum absolute atomic E-state index is 0.0200. The molecule has 0 rings (SSSR count). The average Bonchev–Trinajstić information content (AvgIpc) is 1.87. The Labute approximate surface area is 81.8 Å². The lowest BCUT2D eigenvalue weighted by molar-refractivity contribution is -0.145. The number of carbonyl (C=O) groups is 1. The van der Waals surface area contributed by atoms with Gasteiger partial charge in [0.1, 0.15) is 0 Å². The second-order valence-electron chi connectivity index (χ2n) is 2.84. The van der Waals surface area contributed by atoms with Crippen LogP contribution in [0, 0.1) is 5.92 Å². The van der Waals surface area contributed by atoms with Gasteiger partial charge in [-0.2, -0.15) is 0 Å². The van der Waals surface area contributed by atoms with E-state index >= 15 is 0 Å². The zero-order valence-corrected chi connectivity index (χ0v) is 9.42. The van der Waals surface area contributed by atoms with Gasteiger partial charge < -0.3 is 4.74 Å². The smallest absolute Gasteiger partial charge is 0.306 e. The topological polar surface area (TPSA) is 26.3 Å². The van der Waals surface area contributed by atoms with E-state index < -0.39 is 0 Å². The number of hydrogen-bond acceptors (Lipinski definition) is 2. The second-order valence-corrected chi connectivity index (χ2v) is 4.06. The maximum absolute atomic E-state index is 10.9. The Morgan fingerprint density at radius 1 is 1.55 bits per heavy atom. The highest BCUT2D eigenvalue weighted by Gasteiger charge is 2.12. The summed E-state index contributed by atoms with van der Waals surface area (Å²) in [5.41, 5.74) is 0. The monoisotopic (exact) mass is 270 g/mol. The molecule has 11 heavy (non-hydrogen) atoms. The Morgan fingerprint density at radius 3 is 2.45 bits per heavy atom. The molecular formula is C8H15IO2. The lowest BCUT2D eigenvalue weighted by Gasteiger charge is -2.14. The van der Waals surface area contributed by atoms with Gasteiger partial charge in [-0.1, -0.05) is 20.8 Å². The molecule has 0 aliphatic carbocycles. The van der Waals surface area contributed by atoms with E-state index in [1.54, 1.807) is 0 Å². The molecule has 0 saturated carbocycles. The van der Waals surface area contributed by atoms with Crippen molar-refractivity contribution >= 4 is 28.6 Å². The van der Waals surface area contributed by atoms with E-state index in [9.17, 15) is 4.79 Å². The fraction of sp³-hybridized carbons (Fsp3) is 0.875. The summed E-state index contributed by atoms with van der Waals surface area (Å²) < 4.78 is 5.12. The van der Waals surface area contributed by atoms with E-state index in [0.29, 0.717) is 12.3 Å². The highest BCUT2D eigenvalue weighted by atomic mass is 127. The molecule has 0 bridgehead atoms. The van der Waals surface area contributed by atoms with E-state index in [2.05, 4.69) is 22.6 Å². The average molecular weight is 270 g/mol. The van der Waals surface area contributed by atoms with Crippen molar-refractivity contribution in [2.75, 3.05) is 0 Å². The van der Waals surface area contributed by atoms with Crippen molar-refractivity contribution in [3.8, 4) is 0 Å². The minimum atomic E-state index is -0.0828. The molecule has 0 fully saturated rings. The summed E-state index contributed by atoms with van der Waals surface area (Å²) in [4.78, 5) is 10.9. The van der Waals surface area contributed by atoms with Gasteiger partial charge in [0.2, 0.25) is 0 Å². The third kappa shape index (κ3) is 5.47. The van der Waals surface area contributed by atoms with Crippen molar-refractivity contribution in [2.24, 2.45) is 5.92 Å². The van der Waals surface area contributed by atoms with Crippen LogP contribution in [-0.2, 0) is 9.53 Å². The van der Waals surface area contributed by atoms with Crippen LogP contribution in [0.4, 0.5) is 0 Å². The number of hydrogen-bond donors (Lipinski definition) is 0. The number of alkyl halides is 1. The summed E-state index contributed by atoms with van der Waals surface area (Å²) in [6.45, 7) is 6.05. The molecule has 0 saturated heterocycles. The summed E-state index contributed by atoms with van der Waals surface area (Å²) in [6.07, 6.45) is 1.40. The molecule has 0 radical (unpaired) electrons. The Hall–Kier alpha value is 0.200. The Balaban J connectivity index is 3.57. The van der Waals surface area contributed by atoms with Gasteiger partial charge in [-0.3, -0.25) is 4.79 Å². The third-order valence-corrected chi connectivity index (χ3v) is 2.91. The molecule has 2 nitrogen and oxygen atoms in total. The Kier molecular flexibility index (Phi) is 5.91. The van der Waals surface area contributed by atoms with Gasteiger partial charge in [-0.05, 0) is 34.9 Å². The standard InChI is InChI=1S/C8H15IO2/c1-4-5-7(10)11-8(9)6(2)3/h6,8H,4-5H2,1-3H3. The van der Waals surface area contributed by atoms with Crippen LogP contribution in [0.5, 0.6) is 0 Å². The fourth-order valence-corrected chi connectivity index (χ4v) is 0.808. The van der Waals surface area contributed by atoms with Gasteiger partial charge in [-0.25, -0.2) is 0 Å². The number of ether oxygens (including phenoxy) is 1. The lowest BCUT2D eigenvalue weighted by Crippen LogP contribution is -2.16. The van der Waals surface area contributed by atoms with E-state index in [1.807, 2.05) is 20.8 Å². The van der Waals surface area contributed by atoms with Crippen LogP contribution in [0.25, 0.3) is 0 Å². The summed E-state index contributed by atoms with van der Waals surface area (Å²) >= 11 is 2.14. The Bertz CT molecular complexity index is 123. The van der Waals surface area contributed by atoms with Crippen LogP contribution in [-0.4, -0.2) is 10.1 Å². The number of carbonyl (C=O) groups excluding carboxylic acids is 1. The molecule has 1 unspecified atom stereocenters. The minimum Gasteiger partial charge on any atom is -0.451 e. The summed E-state index contributed by atoms with van der Waals surface area (Å²) in [7, 11) is 0. The molecule has 0 heterocycles. The lowest BCUT2D eigenvalue weighted by atomic mass is 10.2. The number of esters is 1. The zero-order valence-electron chi connectivity index (χ0n) is 7.26. The first-order valence-electron chi connectivity index (χ1n) is 3.91. The van der Waals surface area contributed by atoms with Crippen molar-refractivity contribution in [2.45, 2.75) is 37.7 Å². The molecule has 0 amide bonds. The molecule has 0 aromatic rings. The van der Waals surface area contributed by atoms with E-state index in [4.69, 9.17) is 4.74 Å². The first-order chi connectivity index (χ1) is 5.07. The van der Waals surface area contributed by atoms with Gasteiger partial charge in [0.15, 0.2) is 4.11 Å². The SMILES string of the molecule is CCCC(=O)OC(I)C(C)C. The zero-order chi connectivity index (χ0) is 8.85. The van der Waals surface area contributed by atoms with E-state index in [-0.39, 0.29) is 10.1 Å². The summed E-state index contributed by atoms with van der Waals surface area (Å²) in [6, 6.07) is 0. The van der Waals surface area contributed by atoms with Crippen molar-refractivity contribution in [3.05, 3.63) is 0 Å². The van der Waals surface area contributed by atoms with Crippen LogP contribution in [0.3, 0.4) is 0 Å². The van der Waals surface area contributed by atoms with Crippen LogP contribution in [0.2, 0.25) is 0 Å². The quantitative estimate of drug-likeness (QED) is 0.446. The molecule has 66 valence electrons. The molecular weight excluding hydrogens is 255 g/mol. The van der Waals surface area contributed by atoms with Crippen molar-refractivity contribution in [3.63, 3.8) is 0 Å². The maximum atomic E-state index is 10.9. The molecule has 0 aromatic heterocycles. The molecule has 0 N–H and O–H groups in total. The van der Waals surface area contributed by atoms with Crippen LogP contribution in [0.15, 0.2) is 0 Å². The van der Waals surface area contributed by atoms with E-state index in [1.165, 1.54) is 0 Å². The third-order valence-electron chi connectivity index (χ3n) is 1.22. The first kappa shape index (κ1) is 11.2. The van der Waals surface area contributed by atoms with Crippen LogP contribution >= 0.6 is 22.6 Å². The van der Waals surface area contributed by atoms with Crippen LogP contribution < -0.4 is 0 Å².